The molecule has 5 heteroatoms. The van der Waals surface area contributed by atoms with Gasteiger partial charge in [0.1, 0.15) is 6.10 Å². The molecule has 5 nitrogen and oxygen atoms in total. The Morgan fingerprint density at radius 2 is 1.94 bits per heavy atom. The van der Waals surface area contributed by atoms with E-state index in [0.29, 0.717) is 25.4 Å². The van der Waals surface area contributed by atoms with Gasteiger partial charge in [-0.15, -0.1) is 6.58 Å². The highest BCUT2D eigenvalue weighted by Gasteiger charge is 2.40. The number of rotatable bonds is 5. The van der Waals surface area contributed by atoms with E-state index in [4.69, 9.17) is 9.84 Å². The van der Waals surface area contributed by atoms with Crippen molar-refractivity contribution in [3.63, 3.8) is 0 Å². The second-order valence-electron chi connectivity index (χ2n) is 4.54. The van der Waals surface area contributed by atoms with Crippen molar-refractivity contribution in [3.8, 4) is 0 Å². The van der Waals surface area contributed by atoms with Gasteiger partial charge in [-0.05, 0) is 25.7 Å². The molecule has 1 N–H and O–H groups in total. The van der Waals surface area contributed by atoms with Crippen molar-refractivity contribution in [2.75, 3.05) is 6.54 Å². The largest absolute Gasteiger partial charge is 0.479 e. The molecule has 0 spiro atoms. The predicted molar refractivity (Wildman–Crippen MR) is 60.5 cm³/mol. The first-order valence-corrected chi connectivity index (χ1v) is 5.93. The monoisotopic (exact) mass is 239 g/mol. The minimum atomic E-state index is -0.984. The number of hydrogen-bond donors (Lipinski definition) is 1. The van der Waals surface area contributed by atoms with Crippen molar-refractivity contribution in [2.24, 2.45) is 0 Å². The fraction of sp³-hybridized carbons (Fsp3) is 0.667. The summed E-state index contributed by atoms with van der Waals surface area (Å²) in [6.45, 7) is 4.15. The van der Waals surface area contributed by atoms with E-state index in [1.807, 2.05) is 0 Å². The SMILES string of the molecule is C=CCN(C(=O)[C@@H]1CC[C@H](C(=O)O)O1)C1CC1. The number of carboxylic acid groups (broad SMARTS) is 1. The van der Waals surface area contributed by atoms with E-state index in [9.17, 15) is 9.59 Å². The molecular formula is C12H17NO4. The van der Waals surface area contributed by atoms with Crippen LogP contribution in [0.4, 0.5) is 0 Å². The molecular weight excluding hydrogens is 222 g/mol. The lowest BCUT2D eigenvalue weighted by Crippen LogP contribution is -2.41. The molecule has 0 aromatic heterocycles. The van der Waals surface area contributed by atoms with Crippen molar-refractivity contribution < 1.29 is 19.4 Å². The highest BCUT2D eigenvalue weighted by molar-refractivity contribution is 5.83. The lowest BCUT2D eigenvalue weighted by atomic mass is 10.2. The van der Waals surface area contributed by atoms with E-state index >= 15 is 0 Å². The van der Waals surface area contributed by atoms with E-state index in [2.05, 4.69) is 6.58 Å². The standard InChI is InChI=1S/C12H17NO4/c1-2-7-13(8-3-4-8)11(14)9-5-6-10(17-9)12(15)16/h2,8-10H,1,3-7H2,(H,15,16)/t9-,10+/m0/s1. The summed E-state index contributed by atoms with van der Waals surface area (Å²) in [5, 5.41) is 8.81. The number of carbonyl (C=O) groups is 2. The molecule has 2 fully saturated rings. The summed E-state index contributed by atoms with van der Waals surface area (Å²) >= 11 is 0. The Morgan fingerprint density at radius 3 is 2.41 bits per heavy atom. The molecule has 94 valence electrons. The van der Waals surface area contributed by atoms with Crippen molar-refractivity contribution >= 4 is 11.9 Å². The smallest absolute Gasteiger partial charge is 0.332 e. The summed E-state index contributed by atoms with van der Waals surface area (Å²) < 4.78 is 5.26. The van der Waals surface area contributed by atoms with Crippen LogP contribution in [0, 0.1) is 0 Å². The quantitative estimate of drug-likeness (QED) is 0.720. The van der Waals surface area contributed by atoms with Gasteiger partial charge < -0.3 is 14.7 Å². The third-order valence-corrected chi connectivity index (χ3v) is 3.17. The van der Waals surface area contributed by atoms with Gasteiger partial charge >= 0.3 is 5.97 Å². The van der Waals surface area contributed by atoms with Gasteiger partial charge in [0.25, 0.3) is 5.91 Å². The Hall–Kier alpha value is -1.36. The van der Waals surface area contributed by atoms with Crippen LogP contribution in [0.25, 0.3) is 0 Å². The first-order valence-electron chi connectivity index (χ1n) is 5.93. The zero-order valence-corrected chi connectivity index (χ0v) is 9.67. The Balaban J connectivity index is 1.94. The maximum Gasteiger partial charge on any atom is 0.332 e. The average Bonchev–Trinajstić information content (AvgIpc) is 3.00. The number of ether oxygens (including phenoxy) is 1. The zero-order chi connectivity index (χ0) is 12.4. The van der Waals surface area contributed by atoms with Gasteiger partial charge in [0.15, 0.2) is 6.10 Å². The number of carboxylic acids is 1. The molecule has 1 saturated carbocycles. The van der Waals surface area contributed by atoms with Gasteiger partial charge in [0.2, 0.25) is 0 Å². The van der Waals surface area contributed by atoms with Crippen LogP contribution >= 0.6 is 0 Å². The normalized spacial score (nSPS) is 27.8. The molecule has 17 heavy (non-hydrogen) atoms. The minimum Gasteiger partial charge on any atom is -0.479 e. The summed E-state index contributed by atoms with van der Waals surface area (Å²) in [4.78, 5) is 24.6. The van der Waals surface area contributed by atoms with Gasteiger partial charge in [0.05, 0.1) is 0 Å². The van der Waals surface area contributed by atoms with E-state index in [1.165, 1.54) is 0 Å². The molecule has 1 saturated heterocycles. The fourth-order valence-corrected chi connectivity index (χ4v) is 2.13. The minimum absolute atomic E-state index is 0.0869. The van der Waals surface area contributed by atoms with Gasteiger partial charge in [0, 0.05) is 12.6 Å². The lowest BCUT2D eigenvalue weighted by molar-refractivity contribution is -0.154. The topological polar surface area (TPSA) is 66.8 Å². The molecule has 2 aliphatic rings. The Labute approximate surface area is 100 Å². The molecule has 0 bridgehead atoms. The molecule has 0 aromatic carbocycles. The van der Waals surface area contributed by atoms with Crippen LogP contribution in [0.1, 0.15) is 25.7 Å². The van der Waals surface area contributed by atoms with Gasteiger partial charge in [-0.3, -0.25) is 4.79 Å². The molecule has 1 aliphatic heterocycles. The predicted octanol–water partition coefficient (Wildman–Crippen LogP) is 0.796. The average molecular weight is 239 g/mol. The molecule has 0 radical (unpaired) electrons. The molecule has 0 aromatic rings. The summed E-state index contributed by atoms with van der Waals surface area (Å²) in [6, 6.07) is 0.299. The second-order valence-corrected chi connectivity index (χ2v) is 4.54. The zero-order valence-electron chi connectivity index (χ0n) is 9.67. The molecule has 1 amide bonds. The van der Waals surface area contributed by atoms with Crippen LogP contribution < -0.4 is 0 Å². The Kier molecular flexibility index (Phi) is 3.47. The molecule has 2 atom stereocenters. The van der Waals surface area contributed by atoms with Crippen LogP contribution in [0.5, 0.6) is 0 Å². The molecule has 2 rings (SSSR count). The number of hydrogen-bond acceptors (Lipinski definition) is 3. The summed E-state index contributed by atoms with van der Waals surface area (Å²) in [5.41, 5.74) is 0. The Bertz CT molecular complexity index is 337. The number of carbonyl (C=O) groups excluding carboxylic acids is 1. The molecule has 0 unspecified atom stereocenters. The second kappa shape index (κ2) is 4.87. The summed E-state index contributed by atoms with van der Waals surface area (Å²) in [5.74, 6) is -1.07. The van der Waals surface area contributed by atoms with Gasteiger partial charge in [-0.25, -0.2) is 4.79 Å². The van der Waals surface area contributed by atoms with E-state index in [1.54, 1.807) is 11.0 Å². The third-order valence-electron chi connectivity index (χ3n) is 3.17. The van der Waals surface area contributed by atoms with Crippen molar-refractivity contribution in [2.45, 2.75) is 43.9 Å². The number of amides is 1. The lowest BCUT2D eigenvalue weighted by Gasteiger charge is -2.23. The van der Waals surface area contributed by atoms with E-state index in [-0.39, 0.29) is 5.91 Å². The fourth-order valence-electron chi connectivity index (χ4n) is 2.13. The van der Waals surface area contributed by atoms with Crippen LogP contribution in [-0.4, -0.2) is 46.7 Å². The van der Waals surface area contributed by atoms with Gasteiger partial charge in [-0.2, -0.15) is 0 Å². The Morgan fingerprint density at radius 1 is 1.29 bits per heavy atom. The summed E-state index contributed by atoms with van der Waals surface area (Å²) in [6.07, 6.45) is 3.24. The van der Waals surface area contributed by atoms with Crippen LogP contribution in [0.2, 0.25) is 0 Å². The first-order chi connectivity index (χ1) is 8.13. The third kappa shape index (κ3) is 2.66. The van der Waals surface area contributed by atoms with Crippen LogP contribution in [-0.2, 0) is 14.3 Å². The van der Waals surface area contributed by atoms with Crippen molar-refractivity contribution in [1.82, 2.24) is 4.90 Å². The summed E-state index contributed by atoms with van der Waals surface area (Å²) in [7, 11) is 0. The number of nitrogens with zero attached hydrogens (tertiary/aromatic N) is 1. The maximum atomic E-state index is 12.1. The first kappa shape index (κ1) is 12.1. The highest BCUT2D eigenvalue weighted by Crippen LogP contribution is 2.30. The molecule has 1 heterocycles. The number of aliphatic carboxylic acids is 1. The van der Waals surface area contributed by atoms with Gasteiger partial charge in [-0.1, -0.05) is 6.08 Å². The highest BCUT2D eigenvalue weighted by atomic mass is 16.5. The van der Waals surface area contributed by atoms with Crippen LogP contribution in [0.3, 0.4) is 0 Å². The maximum absolute atomic E-state index is 12.1. The van der Waals surface area contributed by atoms with Crippen LogP contribution in [0.15, 0.2) is 12.7 Å². The molecule has 1 aliphatic carbocycles. The van der Waals surface area contributed by atoms with E-state index in [0.717, 1.165) is 12.8 Å². The van der Waals surface area contributed by atoms with Crippen molar-refractivity contribution in [1.29, 1.82) is 0 Å². The van der Waals surface area contributed by atoms with Crippen molar-refractivity contribution in [3.05, 3.63) is 12.7 Å². The van der Waals surface area contributed by atoms with E-state index < -0.39 is 18.2 Å².